The number of nitrogens with one attached hydrogen (secondary N) is 1. The van der Waals surface area contributed by atoms with Crippen LogP contribution >= 0.6 is 0 Å². The van der Waals surface area contributed by atoms with Gasteiger partial charge in [-0.2, -0.15) is 0 Å². The van der Waals surface area contributed by atoms with E-state index in [4.69, 9.17) is 4.74 Å². The Kier molecular flexibility index (Phi) is 7.05. The predicted octanol–water partition coefficient (Wildman–Crippen LogP) is 4.90. The number of nitrogens with zero attached hydrogens (tertiary/aromatic N) is 1. The van der Waals surface area contributed by atoms with E-state index in [-0.39, 0.29) is 5.91 Å². The number of allylic oxidation sites excluding steroid dienone is 1. The quantitative estimate of drug-likeness (QED) is 0.709. The van der Waals surface area contributed by atoms with E-state index >= 15 is 0 Å². The molecule has 0 aliphatic carbocycles. The Bertz CT molecular complexity index is 817. The Morgan fingerprint density at radius 2 is 1.85 bits per heavy atom. The zero-order valence-corrected chi connectivity index (χ0v) is 17.2. The van der Waals surface area contributed by atoms with E-state index in [1.54, 1.807) is 7.11 Å². The summed E-state index contributed by atoms with van der Waals surface area (Å²) in [7, 11) is 3.71. The first-order valence-corrected chi connectivity index (χ1v) is 9.21. The largest absolute Gasteiger partial charge is 0.497 e. The maximum atomic E-state index is 12.5. The van der Waals surface area contributed by atoms with Crippen molar-refractivity contribution in [2.45, 2.75) is 34.1 Å². The first kappa shape index (κ1) is 20.6. The van der Waals surface area contributed by atoms with Crippen LogP contribution in [0, 0.1) is 13.8 Å². The van der Waals surface area contributed by atoms with Crippen molar-refractivity contribution in [2.24, 2.45) is 0 Å². The zero-order chi connectivity index (χ0) is 20.0. The molecule has 4 heteroatoms. The molecule has 1 amide bonds. The summed E-state index contributed by atoms with van der Waals surface area (Å²) in [6, 6.07) is 11.8. The van der Waals surface area contributed by atoms with Crippen molar-refractivity contribution in [1.29, 1.82) is 0 Å². The third kappa shape index (κ3) is 5.61. The fourth-order valence-corrected chi connectivity index (χ4v) is 3.07. The molecule has 0 saturated carbocycles. The van der Waals surface area contributed by atoms with Gasteiger partial charge in [-0.05, 0) is 68.7 Å². The number of hydrogen-bond donors (Lipinski definition) is 1. The van der Waals surface area contributed by atoms with Gasteiger partial charge >= 0.3 is 0 Å². The van der Waals surface area contributed by atoms with Gasteiger partial charge in [-0.3, -0.25) is 4.79 Å². The predicted molar refractivity (Wildman–Crippen MR) is 114 cm³/mol. The lowest BCUT2D eigenvalue weighted by atomic mass is 10.1. The molecular formula is C23H30N2O2. The molecule has 1 N–H and O–H groups in total. The van der Waals surface area contributed by atoms with Crippen LogP contribution in [0.3, 0.4) is 0 Å². The van der Waals surface area contributed by atoms with Gasteiger partial charge in [-0.25, -0.2) is 0 Å². The molecule has 2 aromatic rings. The van der Waals surface area contributed by atoms with Gasteiger partial charge < -0.3 is 15.0 Å². The molecule has 0 fully saturated rings. The Morgan fingerprint density at radius 3 is 2.44 bits per heavy atom. The van der Waals surface area contributed by atoms with Crippen LogP contribution in [0.4, 0.5) is 11.4 Å². The van der Waals surface area contributed by atoms with Gasteiger partial charge in [0, 0.05) is 25.0 Å². The third-order valence-electron chi connectivity index (χ3n) is 4.70. The second-order valence-corrected chi connectivity index (χ2v) is 7.02. The maximum Gasteiger partial charge on any atom is 0.228 e. The number of methoxy groups -OCH3 is 1. The second-order valence-electron chi connectivity index (χ2n) is 7.02. The summed E-state index contributed by atoms with van der Waals surface area (Å²) in [6.45, 7) is 9.14. The Labute approximate surface area is 162 Å². The van der Waals surface area contributed by atoms with Crippen molar-refractivity contribution in [1.82, 2.24) is 0 Å². The van der Waals surface area contributed by atoms with E-state index in [0.29, 0.717) is 6.42 Å². The highest BCUT2D eigenvalue weighted by Crippen LogP contribution is 2.27. The highest BCUT2D eigenvalue weighted by molar-refractivity contribution is 5.94. The lowest BCUT2D eigenvalue weighted by Gasteiger charge is -2.22. The first-order valence-electron chi connectivity index (χ1n) is 9.21. The fourth-order valence-electron chi connectivity index (χ4n) is 3.07. The normalized spacial score (nSPS) is 11.3. The topological polar surface area (TPSA) is 41.6 Å². The molecule has 0 atom stereocenters. The standard InChI is InChI=1S/C23H30N2O2/c1-7-16(2)15-25(5)20-11-17(3)23(18(4)12-20)24-22(26)14-19-9-8-10-21(13-19)27-6/h7-13H,14-15H2,1-6H3,(H,24,26). The molecule has 0 aromatic heterocycles. The number of likely N-dealkylation sites (N-methyl/N-ethyl adjacent to an activating group) is 1. The number of amides is 1. The molecule has 2 aromatic carbocycles. The summed E-state index contributed by atoms with van der Waals surface area (Å²) in [6.07, 6.45) is 2.45. The minimum absolute atomic E-state index is 0.0275. The minimum atomic E-state index is -0.0275. The van der Waals surface area contributed by atoms with Crippen molar-refractivity contribution < 1.29 is 9.53 Å². The van der Waals surface area contributed by atoms with Gasteiger partial charge in [0.05, 0.1) is 13.5 Å². The first-order chi connectivity index (χ1) is 12.8. The Balaban J connectivity index is 2.13. The molecule has 27 heavy (non-hydrogen) atoms. The summed E-state index contributed by atoms with van der Waals surface area (Å²) in [5, 5.41) is 3.07. The lowest BCUT2D eigenvalue weighted by Crippen LogP contribution is -2.20. The Morgan fingerprint density at radius 1 is 1.19 bits per heavy atom. The van der Waals surface area contributed by atoms with Crippen LogP contribution in [-0.2, 0) is 11.2 Å². The van der Waals surface area contributed by atoms with Crippen LogP contribution in [0.5, 0.6) is 5.75 Å². The molecule has 0 heterocycles. The van der Waals surface area contributed by atoms with Gasteiger partial charge in [-0.1, -0.05) is 23.8 Å². The number of hydrogen-bond acceptors (Lipinski definition) is 3. The van der Waals surface area contributed by atoms with Crippen molar-refractivity contribution in [3.63, 3.8) is 0 Å². The van der Waals surface area contributed by atoms with Gasteiger partial charge in [0.2, 0.25) is 5.91 Å². The highest BCUT2D eigenvalue weighted by Gasteiger charge is 2.12. The van der Waals surface area contributed by atoms with Crippen molar-refractivity contribution >= 4 is 17.3 Å². The summed E-state index contributed by atoms with van der Waals surface area (Å²) < 4.78 is 5.22. The van der Waals surface area contributed by atoms with E-state index in [1.807, 2.05) is 38.1 Å². The van der Waals surface area contributed by atoms with Gasteiger partial charge in [0.15, 0.2) is 0 Å². The molecule has 0 spiro atoms. The summed E-state index contributed by atoms with van der Waals surface area (Å²) in [5.41, 5.74) is 6.42. The molecule has 0 unspecified atom stereocenters. The molecular weight excluding hydrogens is 336 g/mol. The van der Waals surface area contributed by atoms with E-state index in [0.717, 1.165) is 40.4 Å². The van der Waals surface area contributed by atoms with Crippen LogP contribution in [-0.4, -0.2) is 26.6 Å². The molecule has 0 aliphatic heterocycles. The molecule has 0 aliphatic rings. The van der Waals surface area contributed by atoms with Crippen molar-refractivity contribution in [3.8, 4) is 5.75 Å². The highest BCUT2D eigenvalue weighted by atomic mass is 16.5. The third-order valence-corrected chi connectivity index (χ3v) is 4.70. The van der Waals surface area contributed by atoms with E-state index in [9.17, 15) is 4.79 Å². The van der Waals surface area contributed by atoms with Gasteiger partial charge in [-0.15, -0.1) is 0 Å². The van der Waals surface area contributed by atoms with Crippen LogP contribution < -0.4 is 15.0 Å². The van der Waals surface area contributed by atoms with Gasteiger partial charge in [0.1, 0.15) is 5.75 Å². The summed E-state index contributed by atoms with van der Waals surface area (Å²) in [5.74, 6) is 0.733. The molecule has 0 bridgehead atoms. The van der Waals surface area contributed by atoms with E-state index in [2.05, 4.69) is 49.3 Å². The van der Waals surface area contributed by atoms with Gasteiger partial charge in [0.25, 0.3) is 0 Å². The number of benzene rings is 2. The smallest absolute Gasteiger partial charge is 0.228 e. The average molecular weight is 367 g/mol. The fraction of sp³-hybridized carbons (Fsp3) is 0.348. The number of rotatable bonds is 7. The zero-order valence-electron chi connectivity index (χ0n) is 17.2. The number of ether oxygens (including phenoxy) is 1. The van der Waals surface area contributed by atoms with Crippen molar-refractivity contribution in [2.75, 3.05) is 30.9 Å². The molecule has 0 radical (unpaired) electrons. The summed E-state index contributed by atoms with van der Waals surface area (Å²) in [4.78, 5) is 14.7. The monoisotopic (exact) mass is 366 g/mol. The van der Waals surface area contributed by atoms with Crippen LogP contribution in [0.15, 0.2) is 48.0 Å². The van der Waals surface area contributed by atoms with Crippen LogP contribution in [0.1, 0.15) is 30.5 Å². The summed E-state index contributed by atoms with van der Waals surface area (Å²) >= 11 is 0. The number of carbonyl (C=O) groups excluding carboxylic acids is 1. The molecule has 0 saturated heterocycles. The molecule has 144 valence electrons. The average Bonchev–Trinajstić information content (AvgIpc) is 2.64. The van der Waals surface area contributed by atoms with E-state index in [1.165, 1.54) is 5.57 Å². The minimum Gasteiger partial charge on any atom is -0.497 e. The Hall–Kier alpha value is -2.75. The van der Waals surface area contributed by atoms with E-state index < -0.39 is 0 Å². The van der Waals surface area contributed by atoms with Crippen LogP contribution in [0.25, 0.3) is 0 Å². The number of anilines is 2. The number of carbonyl (C=O) groups is 1. The maximum absolute atomic E-state index is 12.5. The SMILES string of the molecule is CC=C(C)CN(C)c1cc(C)c(NC(=O)Cc2cccc(OC)c2)c(C)c1. The molecule has 4 nitrogen and oxygen atoms in total. The van der Waals surface area contributed by atoms with Crippen molar-refractivity contribution in [3.05, 3.63) is 64.7 Å². The lowest BCUT2D eigenvalue weighted by molar-refractivity contribution is -0.115. The van der Waals surface area contributed by atoms with Crippen LogP contribution in [0.2, 0.25) is 0 Å². The molecule has 2 rings (SSSR count). The second kappa shape index (κ2) is 9.26. The number of aryl methyl sites for hydroxylation is 2.